The number of hydrogen-bond donors (Lipinski definition) is 3. The van der Waals surface area contributed by atoms with Crippen molar-refractivity contribution in [3.05, 3.63) is 101 Å². The van der Waals surface area contributed by atoms with Crippen molar-refractivity contribution >= 4 is 17.6 Å². The van der Waals surface area contributed by atoms with E-state index in [1.54, 1.807) is 12.1 Å². The third-order valence-corrected chi connectivity index (χ3v) is 5.78. The van der Waals surface area contributed by atoms with E-state index in [0.717, 1.165) is 22.4 Å². The number of benzene rings is 3. The molecule has 1 aliphatic rings. The number of nitrogens with zero attached hydrogens (tertiary/aromatic N) is 1. The van der Waals surface area contributed by atoms with Crippen LogP contribution in [0.25, 0.3) is 0 Å². The molecule has 1 fully saturated rings. The Balaban J connectivity index is 2.01. The topological polar surface area (TPSA) is 74.4 Å². The summed E-state index contributed by atoms with van der Waals surface area (Å²) in [6.45, 7) is 0.542. The zero-order valence-electron chi connectivity index (χ0n) is 16.1. The molecule has 0 saturated carbocycles. The highest BCUT2D eigenvalue weighted by molar-refractivity contribution is 6.30. The number of hydrogen-bond acceptors (Lipinski definition) is 3. The molecule has 1 heterocycles. The molecule has 0 aromatic heterocycles. The molecule has 4 rings (SSSR count). The quantitative estimate of drug-likeness (QED) is 0.450. The third-order valence-electron chi connectivity index (χ3n) is 5.52. The summed E-state index contributed by atoms with van der Waals surface area (Å²) in [6, 6.07) is 26.0. The van der Waals surface area contributed by atoms with Crippen LogP contribution < -0.4 is 15.9 Å². The monoisotopic (exact) mass is 406 g/mol. The Morgan fingerprint density at radius 1 is 1.07 bits per heavy atom. The molecule has 0 spiro atoms. The van der Waals surface area contributed by atoms with Crippen molar-refractivity contribution in [2.45, 2.75) is 11.5 Å². The highest BCUT2D eigenvalue weighted by Crippen LogP contribution is 2.49. The lowest BCUT2D eigenvalue weighted by molar-refractivity contribution is 0.300. The lowest BCUT2D eigenvalue weighted by atomic mass is 9.71. The summed E-state index contributed by atoms with van der Waals surface area (Å²) in [6.07, 6.45) is 0. The van der Waals surface area contributed by atoms with Gasteiger partial charge in [-0.3, -0.25) is 10.4 Å². The molecule has 0 bridgehead atoms. The first-order valence-corrected chi connectivity index (χ1v) is 9.78. The molecule has 0 aliphatic carbocycles. The predicted molar refractivity (Wildman–Crippen MR) is 116 cm³/mol. The number of methoxy groups -OCH3 is 1. The van der Waals surface area contributed by atoms with Crippen LogP contribution in [0.5, 0.6) is 5.75 Å². The average Bonchev–Trinajstić information content (AvgIpc) is 3.17. The molecule has 1 aliphatic heterocycles. The van der Waals surface area contributed by atoms with Crippen LogP contribution in [-0.2, 0) is 5.54 Å². The Labute approximate surface area is 175 Å². The first kappa shape index (κ1) is 19.3. The fourth-order valence-corrected chi connectivity index (χ4v) is 4.33. The molecule has 0 radical (unpaired) electrons. The van der Waals surface area contributed by atoms with Crippen LogP contribution in [0.15, 0.2) is 78.9 Å². The number of halogens is 1. The molecule has 3 aromatic carbocycles. The second-order valence-electron chi connectivity index (χ2n) is 7.09. The van der Waals surface area contributed by atoms with Crippen molar-refractivity contribution in [2.75, 3.05) is 13.7 Å². The van der Waals surface area contributed by atoms with E-state index in [4.69, 9.17) is 27.5 Å². The Hall–Kier alpha value is -3.02. The van der Waals surface area contributed by atoms with Gasteiger partial charge in [-0.05, 0) is 29.3 Å². The van der Waals surface area contributed by atoms with Crippen LogP contribution in [0, 0.1) is 5.41 Å². The number of guanidine groups is 1. The van der Waals surface area contributed by atoms with Crippen LogP contribution in [0.2, 0.25) is 5.02 Å². The van der Waals surface area contributed by atoms with E-state index in [1.807, 2.05) is 60.7 Å². The van der Waals surface area contributed by atoms with Crippen molar-refractivity contribution in [3.8, 4) is 5.75 Å². The van der Waals surface area contributed by atoms with Crippen LogP contribution in [0.1, 0.15) is 22.6 Å². The van der Waals surface area contributed by atoms with E-state index in [1.165, 1.54) is 0 Å². The van der Waals surface area contributed by atoms with Crippen molar-refractivity contribution in [1.82, 2.24) is 10.4 Å². The van der Waals surface area contributed by atoms with Crippen LogP contribution >= 0.6 is 11.6 Å². The maximum Gasteiger partial charge on any atom is 0.203 e. The third kappa shape index (κ3) is 3.33. The fourth-order valence-electron chi connectivity index (χ4n) is 4.21. The van der Waals surface area contributed by atoms with E-state index < -0.39 is 5.54 Å². The van der Waals surface area contributed by atoms with E-state index in [2.05, 4.69) is 23.6 Å². The SMILES string of the molecule is COc1ccccc1C1(c2ccc(Cl)cc2)NN(C(=N)N)CC1c1ccccc1. The Kier molecular flexibility index (Phi) is 5.18. The molecule has 6 heteroatoms. The fraction of sp³-hybridized carbons (Fsp3) is 0.174. The minimum atomic E-state index is -0.690. The highest BCUT2D eigenvalue weighted by atomic mass is 35.5. The largest absolute Gasteiger partial charge is 0.496 e. The lowest BCUT2D eigenvalue weighted by Crippen LogP contribution is -2.50. The lowest BCUT2D eigenvalue weighted by Gasteiger charge is -2.37. The maximum atomic E-state index is 8.07. The van der Waals surface area contributed by atoms with Gasteiger partial charge in [0.1, 0.15) is 5.75 Å². The molecular formula is C23H23ClN4O. The van der Waals surface area contributed by atoms with Gasteiger partial charge in [0, 0.05) is 23.0 Å². The van der Waals surface area contributed by atoms with E-state index in [0.29, 0.717) is 11.6 Å². The molecule has 0 amide bonds. The van der Waals surface area contributed by atoms with E-state index >= 15 is 0 Å². The van der Waals surface area contributed by atoms with Crippen molar-refractivity contribution < 1.29 is 4.74 Å². The molecule has 2 atom stereocenters. The normalized spacial score (nSPS) is 21.2. The number of rotatable bonds is 4. The highest BCUT2D eigenvalue weighted by Gasteiger charge is 2.51. The minimum absolute atomic E-state index is 0.0231. The summed E-state index contributed by atoms with van der Waals surface area (Å²) in [5.41, 5.74) is 11.9. The van der Waals surface area contributed by atoms with Crippen LogP contribution in [-0.4, -0.2) is 24.6 Å². The molecule has 3 aromatic rings. The molecule has 1 saturated heterocycles. The first-order valence-electron chi connectivity index (χ1n) is 9.40. The summed E-state index contributed by atoms with van der Waals surface area (Å²) < 4.78 is 5.74. The van der Waals surface area contributed by atoms with Crippen LogP contribution in [0.4, 0.5) is 0 Å². The van der Waals surface area contributed by atoms with Gasteiger partial charge in [-0.1, -0.05) is 72.3 Å². The average molecular weight is 407 g/mol. The predicted octanol–water partition coefficient (Wildman–Crippen LogP) is 4.09. The van der Waals surface area contributed by atoms with Crippen LogP contribution in [0.3, 0.4) is 0 Å². The van der Waals surface area contributed by atoms with Gasteiger partial charge in [0.15, 0.2) is 0 Å². The smallest absolute Gasteiger partial charge is 0.203 e. The Bertz CT molecular complexity index is 1010. The number of ether oxygens (including phenoxy) is 1. The van der Waals surface area contributed by atoms with Gasteiger partial charge in [-0.15, -0.1) is 0 Å². The van der Waals surface area contributed by atoms with Crippen molar-refractivity contribution in [2.24, 2.45) is 5.73 Å². The van der Waals surface area contributed by atoms with Gasteiger partial charge in [-0.25, -0.2) is 5.43 Å². The Morgan fingerprint density at radius 2 is 1.72 bits per heavy atom. The van der Waals surface area contributed by atoms with Gasteiger partial charge >= 0.3 is 0 Å². The number of hydrazine groups is 1. The standard InChI is InChI=1S/C23H23ClN4O/c1-29-21-10-6-5-9-19(21)23(17-11-13-18(24)14-12-17)20(15-28(27-23)22(25)26)16-7-3-2-4-8-16/h2-14,20,27H,15H2,1H3,(H3,25,26). The van der Waals surface area contributed by atoms with Gasteiger partial charge in [0.05, 0.1) is 12.6 Å². The van der Waals surface area contributed by atoms with Gasteiger partial charge in [-0.2, -0.15) is 0 Å². The van der Waals surface area contributed by atoms with Gasteiger partial charge < -0.3 is 10.5 Å². The zero-order chi connectivity index (χ0) is 20.4. The number of nitrogens with two attached hydrogens (primary N) is 1. The summed E-state index contributed by atoms with van der Waals surface area (Å²) in [5, 5.41) is 10.4. The summed E-state index contributed by atoms with van der Waals surface area (Å²) in [4.78, 5) is 0. The molecule has 4 N–H and O–H groups in total. The second kappa shape index (κ2) is 7.78. The molecule has 5 nitrogen and oxygen atoms in total. The summed E-state index contributed by atoms with van der Waals surface area (Å²) in [7, 11) is 1.67. The molecule has 2 unspecified atom stereocenters. The Morgan fingerprint density at radius 3 is 2.38 bits per heavy atom. The van der Waals surface area contributed by atoms with E-state index in [-0.39, 0.29) is 11.9 Å². The van der Waals surface area contributed by atoms with E-state index in [9.17, 15) is 0 Å². The number of nitrogens with one attached hydrogen (secondary N) is 2. The van der Waals surface area contributed by atoms with Gasteiger partial charge in [0.25, 0.3) is 0 Å². The van der Waals surface area contributed by atoms with Crippen molar-refractivity contribution in [3.63, 3.8) is 0 Å². The van der Waals surface area contributed by atoms with Crippen molar-refractivity contribution in [1.29, 1.82) is 5.41 Å². The first-order chi connectivity index (χ1) is 14.1. The van der Waals surface area contributed by atoms with Gasteiger partial charge in [0.2, 0.25) is 5.96 Å². The molecular weight excluding hydrogens is 384 g/mol. The second-order valence-corrected chi connectivity index (χ2v) is 7.52. The minimum Gasteiger partial charge on any atom is -0.496 e. The maximum absolute atomic E-state index is 8.07. The zero-order valence-corrected chi connectivity index (χ0v) is 16.9. The summed E-state index contributed by atoms with van der Waals surface area (Å²) >= 11 is 6.19. The molecule has 148 valence electrons. The molecule has 29 heavy (non-hydrogen) atoms. The number of para-hydroxylation sites is 1. The summed E-state index contributed by atoms with van der Waals surface area (Å²) in [5.74, 6) is 0.711.